The smallest absolute Gasteiger partial charge is 0.315 e. The third kappa shape index (κ3) is 3.80. The Balaban J connectivity index is 1.60. The van der Waals surface area contributed by atoms with Gasteiger partial charge in [-0.25, -0.2) is 4.79 Å². The largest absolute Gasteiger partial charge is 0.468 e. The molecule has 3 heterocycles. The van der Waals surface area contributed by atoms with Crippen molar-refractivity contribution in [3.8, 4) is 0 Å². The fraction of sp³-hybridized carbons (Fsp3) is 0.353. The van der Waals surface area contributed by atoms with Gasteiger partial charge in [0.2, 0.25) is 0 Å². The van der Waals surface area contributed by atoms with Crippen LogP contribution in [0.3, 0.4) is 0 Å². The van der Waals surface area contributed by atoms with Crippen LogP contribution in [0.5, 0.6) is 0 Å². The first-order chi connectivity index (χ1) is 12.1. The van der Waals surface area contributed by atoms with Gasteiger partial charge in [0.15, 0.2) is 11.5 Å². The predicted octanol–water partition coefficient (Wildman–Crippen LogP) is 1.99. The predicted molar refractivity (Wildman–Crippen MR) is 93.1 cm³/mol. The third-order valence-electron chi connectivity index (χ3n) is 4.03. The van der Waals surface area contributed by atoms with Crippen molar-refractivity contribution < 1.29 is 9.21 Å². The number of pyridine rings is 1. The number of hydrogen-bond acceptors (Lipinski definition) is 5. The van der Waals surface area contributed by atoms with Crippen molar-refractivity contribution >= 4 is 11.7 Å². The zero-order valence-electron chi connectivity index (χ0n) is 14.5. The van der Waals surface area contributed by atoms with Crippen LogP contribution in [0.2, 0.25) is 0 Å². The summed E-state index contributed by atoms with van der Waals surface area (Å²) in [5.41, 5.74) is 0.747. The first-order valence-electron chi connectivity index (χ1n) is 8.10. The normalized spacial score (nSPS) is 13.8. The number of aromatic nitrogens is 3. The number of nitrogens with zero attached hydrogens (tertiary/aromatic N) is 4. The second-order valence-corrected chi connectivity index (χ2v) is 6.06. The van der Waals surface area contributed by atoms with Crippen molar-refractivity contribution in [2.75, 3.05) is 20.6 Å². The van der Waals surface area contributed by atoms with E-state index in [1.54, 1.807) is 6.26 Å². The highest BCUT2D eigenvalue weighted by molar-refractivity contribution is 5.74. The van der Waals surface area contributed by atoms with E-state index in [1.807, 2.05) is 66.8 Å². The van der Waals surface area contributed by atoms with Crippen LogP contribution in [-0.4, -0.2) is 46.2 Å². The van der Waals surface area contributed by atoms with Crippen LogP contribution in [0.1, 0.15) is 30.6 Å². The van der Waals surface area contributed by atoms with Gasteiger partial charge >= 0.3 is 6.03 Å². The Hall–Kier alpha value is -2.87. The molecule has 2 atom stereocenters. The fourth-order valence-electron chi connectivity index (χ4n) is 2.68. The average Bonchev–Trinajstić information content (AvgIpc) is 3.24. The van der Waals surface area contributed by atoms with Gasteiger partial charge < -0.3 is 15.1 Å². The lowest BCUT2D eigenvalue weighted by Crippen LogP contribution is -2.41. The standard InChI is InChI=1S/C17H22N6O2/c1-12(16-21-20-15-8-4-5-9-23(15)16)19-17(24)18-11-13(22(2)3)14-7-6-10-25-14/h4-10,12-13H,11H2,1-3H3,(H2,18,19,24)/t12-,13+/m0/s1. The Kier molecular flexibility index (Phi) is 4.99. The molecule has 132 valence electrons. The molecule has 0 bridgehead atoms. The summed E-state index contributed by atoms with van der Waals surface area (Å²) in [4.78, 5) is 14.2. The highest BCUT2D eigenvalue weighted by atomic mass is 16.3. The molecule has 8 nitrogen and oxygen atoms in total. The van der Waals surface area contributed by atoms with Crippen LogP contribution in [0.4, 0.5) is 4.79 Å². The van der Waals surface area contributed by atoms with Gasteiger partial charge in [0.1, 0.15) is 5.76 Å². The van der Waals surface area contributed by atoms with E-state index in [2.05, 4.69) is 20.8 Å². The van der Waals surface area contributed by atoms with Crippen LogP contribution in [0.25, 0.3) is 5.65 Å². The molecule has 3 aromatic heterocycles. The van der Waals surface area contributed by atoms with E-state index in [0.717, 1.165) is 11.4 Å². The maximum absolute atomic E-state index is 12.3. The molecule has 0 spiro atoms. The summed E-state index contributed by atoms with van der Waals surface area (Å²) in [6, 6.07) is 8.82. The second kappa shape index (κ2) is 7.35. The summed E-state index contributed by atoms with van der Waals surface area (Å²) in [6.45, 7) is 2.30. The van der Waals surface area contributed by atoms with Gasteiger partial charge in [-0.05, 0) is 45.3 Å². The monoisotopic (exact) mass is 342 g/mol. The molecule has 0 unspecified atom stereocenters. The van der Waals surface area contributed by atoms with Crippen molar-refractivity contribution in [3.63, 3.8) is 0 Å². The molecular weight excluding hydrogens is 320 g/mol. The first kappa shape index (κ1) is 17.0. The zero-order valence-corrected chi connectivity index (χ0v) is 14.5. The number of urea groups is 1. The number of fused-ring (bicyclic) bond motifs is 1. The maximum atomic E-state index is 12.3. The molecule has 3 aromatic rings. The summed E-state index contributed by atoms with van der Waals surface area (Å²) in [6.07, 6.45) is 3.50. The Morgan fingerprint density at radius 2 is 2.12 bits per heavy atom. The minimum atomic E-state index is -0.279. The average molecular weight is 342 g/mol. The molecule has 2 N–H and O–H groups in total. The summed E-state index contributed by atoms with van der Waals surface area (Å²) < 4.78 is 7.30. The van der Waals surface area contributed by atoms with Crippen LogP contribution < -0.4 is 10.6 Å². The maximum Gasteiger partial charge on any atom is 0.315 e. The van der Waals surface area contributed by atoms with E-state index < -0.39 is 0 Å². The molecule has 0 aliphatic carbocycles. The number of carbonyl (C=O) groups is 1. The van der Waals surface area contributed by atoms with Crippen LogP contribution in [0.15, 0.2) is 47.2 Å². The number of likely N-dealkylation sites (N-methyl/N-ethyl adjacent to an activating group) is 1. The van der Waals surface area contributed by atoms with Gasteiger partial charge in [0, 0.05) is 12.7 Å². The Morgan fingerprint density at radius 1 is 1.28 bits per heavy atom. The van der Waals surface area contributed by atoms with Crippen LogP contribution in [-0.2, 0) is 0 Å². The molecule has 2 amide bonds. The number of furan rings is 1. The number of rotatable bonds is 6. The number of amides is 2. The molecule has 0 saturated carbocycles. The highest BCUT2D eigenvalue weighted by Crippen LogP contribution is 2.17. The molecule has 8 heteroatoms. The van der Waals surface area contributed by atoms with E-state index in [0.29, 0.717) is 12.4 Å². The molecular formula is C17H22N6O2. The number of carbonyl (C=O) groups excluding carboxylic acids is 1. The lowest BCUT2D eigenvalue weighted by molar-refractivity contribution is 0.222. The molecule has 0 aromatic carbocycles. The fourth-order valence-corrected chi connectivity index (χ4v) is 2.68. The lowest BCUT2D eigenvalue weighted by atomic mass is 10.2. The Bertz CT molecular complexity index is 827. The summed E-state index contributed by atoms with van der Waals surface area (Å²) >= 11 is 0. The van der Waals surface area contributed by atoms with Crippen molar-refractivity contribution in [2.45, 2.75) is 19.0 Å². The summed E-state index contributed by atoms with van der Waals surface area (Å²) in [5.74, 6) is 1.49. The van der Waals surface area contributed by atoms with Crippen molar-refractivity contribution in [2.24, 2.45) is 0 Å². The van der Waals surface area contributed by atoms with Crippen molar-refractivity contribution in [3.05, 3.63) is 54.4 Å². The minimum absolute atomic E-state index is 0.0371. The van der Waals surface area contributed by atoms with Crippen LogP contribution >= 0.6 is 0 Å². The van der Waals surface area contributed by atoms with Gasteiger partial charge in [0.05, 0.1) is 18.3 Å². The number of nitrogens with one attached hydrogen (secondary N) is 2. The number of hydrogen-bond donors (Lipinski definition) is 2. The lowest BCUT2D eigenvalue weighted by Gasteiger charge is -2.23. The van der Waals surface area contributed by atoms with E-state index >= 15 is 0 Å². The first-order valence-corrected chi connectivity index (χ1v) is 8.10. The molecule has 0 aliphatic rings. The molecule has 3 rings (SSSR count). The van der Waals surface area contributed by atoms with Gasteiger partial charge in [0.25, 0.3) is 0 Å². The Morgan fingerprint density at radius 3 is 2.84 bits per heavy atom. The zero-order chi connectivity index (χ0) is 17.8. The van der Waals surface area contributed by atoms with Crippen molar-refractivity contribution in [1.82, 2.24) is 30.1 Å². The van der Waals surface area contributed by atoms with Gasteiger partial charge in [-0.3, -0.25) is 9.30 Å². The van der Waals surface area contributed by atoms with Crippen LogP contribution in [0, 0.1) is 0 Å². The molecule has 25 heavy (non-hydrogen) atoms. The van der Waals surface area contributed by atoms with E-state index in [-0.39, 0.29) is 18.1 Å². The molecule has 0 saturated heterocycles. The van der Waals surface area contributed by atoms with Crippen molar-refractivity contribution in [1.29, 1.82) is 0 Å². The van der Waals surface area contributed by atoms with E-state index in [9.17, 15) is 4.79 Å². The summed E-state index contributed by atoms with van der Waals surface area (Å²) in [7, 11) is 3.88. The topological polar surface area (TPSA) is 87.7 Å². The Labute approximate surface area is 145 Å². The minimum Gasteiger partial charge on any atom is -0.468 e. The molecule has 0 fully saturated rings. The molecule has 0 aliphatic heterocycles. The van der Waals surface area contributed by atoms with E-state index in [4.69, 9.17) is 4.42 Å². The second-order valence-electron chi connectivity index (χ2n) is 6.06. The SMILES string of the molecule is C[C@H](NC(=O)NC[C@H](c1ccco1)N(C)C)c1nnc2ccccn12. The van der Waals surface area contributed by atoms with Gasteiger partial charge in [-0.15, -0.1) is 10.2 Å². The quantitative estimate of drug-likeness (QED) is 0.715. The summed E-state index contributed by atoms with van der Waals surface area (Å²) in [5, 5.41) is 14.0. The van der Waals surface area contributed by atoms with Gasteiger partial charge in [-0.1, -0.05) is 6.07 Å². The van der Waals surface area contributed by atoms with Gasteiger partial charge in [-0.2, -0.15) is 0 Å². The highest BCUT2D eigenvalue weighted by Gasteiger charge is 2.19. The third-order valence-corrected chi connectivity index (χ3v) is 4.03. The molecule has 0 radical (unpaired) electrons. The van der Waals surface area contributed by atoms with E-state index in [1.165, 1.54) is 0 Å².